The van der Waals surface area contributed by atoms with Crippen LogP contribution in [-0.4, -0.2) is 13.1 Å². The van der Waals surface area contributed by atoms with Crippen LogP contribution in [0, 0.1) is 0 Å². The molecule has 0 heterocycles. The Morgan fingerprint density at radius 1 is 0.500 bits per heavy atom. The highest BCUT2D eigenvalue weighted by Crippen LogP contribution is 2.34. The molecule has 0 aliphatic heterocycles. The summed E-state index contributed by atoms with van der Waals surface area (Å²) < 4.78 is 4.72. The van der Waals surface area contributed by atoms with Crippen LogP contribution in [0.15, 0.2) is 84.9 Å². The molecule has 0 radical (unpaired) electrons. The van der Waals surface area contributed by atoms with E-state index in [1.165, 1.54) is 93.3 Å². The maximum Gasteiger partial charge on any atom is 0.293 e. The fourth-order valence-electron chi connectivity index (χ4n) is 4.74. The van der Waals surface area contributed by atoms with Crippen molar-refractivity contribution in [1.82, 2.24) is 0 Å². The van der Waals surface area contributed by atoms with Crippen molar-refractivity contribution < 1.29 is 9.53 Å². The summed E-state index contributed by atoms with van der Waals surface area (Å²) >= 11 is 0. The molecule has 3 aromatic rings. The number of nitrogens with zero attached hydrogens (tertiary/aromatic N) is 1. The van der Waals surface area contributed by atoms with Crippen LogP contribution in [0.5, 0.6) is 0 Å². The SMILES string of the molecule is O=COCCCCCCCCCCCCCCc1ccc(N(c2ccccc2)c2ccccc2)cc1. The Hall–Kier alpha value is -3.07. The van der Waals surface area contributed by atoms with Gasteiger partial charge in [-0.05, 0) is 61.2 Å². The second kappa shape index (κ2) is 17.4. The molecule has 0 aromatic heterocycles. The second-order valence-electron chi connectivity index (χ2n) is 9.63. The highest BCUT2D eigenvalue weighted by atomic mass is 16.5. The van der Waals surface area contributed by atoms with E-state index in [0.717, 1.165) is 12.8 Å². The van der Waals surface area contributed by atoms with Crippen molar-refractivity contribution in [3.05, 3.63) is 90.5 Å². The molecule has 0 aliphatic rings. The minimum absolute atomic E-state index is 0.546. The lowest BCUT2D eigenvalue weighted by atomic mass is 10.0. The second-order valence-corrected chi connectivity index (χ2v) is 9.63. The molecule has 0 saturated heterocycles. The van der Waals surface area contributed by atoms with Crippen LogP contribution in [0.25, 0.3) is 0 Å². The fourth-order valence-corrected chi connectivity index (χ4v) is 4.74. The molecule has 192 valence electrons. The van der Waals surface area contributed by atoms with Gasteiger partial charge in [-0.1, -0.05) is 113 Å². The molecule has 36 heavy (non-hydrogen) atoms. The van der Waals surface area contributed by atoms with Crippen molar-refractivity contribution in [3.8, 4) is 0 Å². The van der Waals surface area contributed by atoms with E-state index in [4.69, 9.17) is 4.74 Å². The molecule has 0 saturated carbocycles. The lowest BCUT2D eigenvalue weighted by molar-refractivity contribution is -0.128. The highest BCUT2D eigenvalue weighted by molar-refractivity contribution is 5.76. The normalized spacial score (nSPS) is 10.8. The van der Waals surface area contributed by atoms with Crippen LogP contribution in [0.3, 0.4) is 0 Å². The van der Waals surface area contributed by atoms with Crippen LogP contribution < -0.4 is 4.90 Å². The van der Waals surface area contributed by atoms with Gasteiger partial charge in [-0.3, -0.25) is 4.79 Å². The first-order chi connectivity index (χ1) is 17.9. The number of rotatable bonds is 19. The van der Waals surface area contributed by atoms with E-state index in [9.17, 15) is 4.79 Å². The van der Waals surface area contributed by atoms with Crippen LogP contribution in [0.1, 0.15) is 82.6 Å². The van der Waals surface area contributed by atoms with E-state index in [-0.39, 0.29) is 0 Å². The fraction of sp³-hybridized carbons (Fsp3) is 0.424. The van der Waals surface area contributed by atoms with Crippen molar-refractivity contribution >= 4 is 23.5 Å². The lowest BCUT2D eigenvalue weighted by Gasteiger charge is -2.25. The number of carbonyl (C=O) groups excluding carboxylic acids is 1. The Morgan fingerprint density at radius 2 is 0.917 bits per heavy atom. The molecule has 0 unspecified atom stereocenters. The Labute approximate surface area is 218 Å². The monoisotopic (exact) mass is 485 g/mol. The van der Waals surface area contributed by atoms with Crippen LogP contribution in [0.4, 0.5) is 17.1 Å². The molecule has 0 atom stereocenters. The van der Waals surface area contributed by atoms with E-state index in [1.807, 2.05) is 0 Å². The zero-order valence-corrected chi connectivity index (χ0v) is 21.8. The molecule has 3 heteroatoms. The average molecular weight is 486 g/mol. The summed E-state index contributed by atoms with van der Waals surface area (Å²) in [6.07, 6.45) is 16.7. The van der Waals surface area contributed by atoms with Crippen molar-refractivity contribution in [2.75, 3.05) is 11.5 Å². The summed E-state index contributed by atoms with van der Waals surface area (Å²) in [5.41, 5.74) is 4.98. The number of hydrogen-bond acceptors (Lipinski definition) is 3. The number of benzene rings is 3. The Kier molecular flexibility index (Phi) is 13.3. The smallest absolute Gasteiger partial charge is 0.293 e. The molecule has 0 aliphatic carbocycles. The molecule has 3 nitrogen and oxygen atoms in total. The summed E-state index contributed by atoms with van der Waals surface area (Å²) in [6, 6.07) is 30.3. The van der Waals surface area contributed by atoms with Gasteiger partial charge in [0.2, 0.25) is 0 Å². The zero-order chi connectivity index (χ0) is 25.1. The molecule has 0 spiro atoms. The quantitative estimate of drug-likeness (QED) is 0.125. The van der Waals surface area contributed by atoms with E-state index in [0.29, 0.717) is 13.1 Å². The molecule has 0 amide bonds. The number of hydrogen-bond donors (Lipinski definition) is 0. The van der Waals surface area contributed by atoms with Crippen molar-refractivity contribution in [3.63, 3.8) is 0 Å². The summed E-state index contributed by atoms with van der Waals surface area (Å²) in [7, 11) is 0. The van der Waals surface area contributed by atoms with Gasteiger partial charge in [0.25, 0.3) is 6.47 Å². The maximum atomic E-state index is 10.1. The molecular formula is C33H43NO2. The van der Waals surface area contributed by atoms with Crippen molar-refractivity contribution in [2.45, 2.75) is 83.5 Å². The lowest BCUT2D eigenvalue weighted by Crippen LogP contribution is -2.09. The van der Waals surface area contributed by atoms with Crippen LogP contribution in [0.2, 0.25) is 0 Å². The number of anilines is 3. The third kappa shape index (κ3) is 10.3. The number of ether oxygens (including phenoxy) is 1. The molecule has 0 fully saturated rings. The van der Waals surface area contributed by atoms with Gasteiger partial charge in [-0.25, -0.2) is 0 Å². The number of carbonyl (C=O) groups is 1. The van der Waals surface area contributed by atoms with Gasteiger partial charge in [0.05, 0.1) is 6.61 Å². The maximum absolute atomic E-state index is 10.1. The van der Waals surface area contributed by atoms with Gasteiger partial charge < -0.3 is 9.64 Å². The zero-order valence-electron chi connectivity index (χ0n) is 21.8. The first kappa shape index (κ1) is 27.5. The average Bonchev–Trinajstić information content (AvgIpc) is 2.93. The van der Waals surface area contributed by atoms with Gasteiger partial charge in [0.1, 0.15) is 0 Å². The molecule has 3 aromatic carbocycles. The minimum Gasteiger partial charge on any atom is -0.468 e. The number of para-hydroxylation sites is 2. The van der Waals surface area contributed by atoms with E-state index < -0.39 is 0 Å². The number of aryl methyl sites for hydroxylation is 1. The highest BCUT2D eigenvalue weighted by Gasteiger charge is 2.11. The number of unbranched alkanes of at least 4 members (excludes halogenated alkanes) is 11. The van der Waals surface area contributed by atoms with Crippen LogP contribution in [-0.2, 0) is 16.0 Å². The molecule has 3 rings (SSSR count). The summed E-state index contributed by atoms with van der Waals surface area (Å²) in [5, 5.41) is 0. The predicted molar refractivity (Wildman–Crippen MR) is 152 cm³/mol. The van der Waals surface area contributed by atoms with E-state index in [2.05, 4.69) is 89.8 Å². The summed E-state index contributed by atoms with van der Waals surface area (Å²) in [4.78, 5) is 12.4. The van der Waals surface area contributed by atoms with E-state index in [1.54, 1.807) is 0 Å². The van der Waals surface area contributed by atoms with Crippen LogP contribution >= 0.6 is 0 Å². The van der Waals surface area contributed by atoms with Crippen molar-refractivity contribution in [2.24, 2.45) is 0 Å². The Balaban J connectivity index is 1.29. The Morgan fingerprint density at radius 3 is 1.39 bits per heavy atom. The topological polar surface area (TPSA) is 29.5 Å². The van der Waals surface area contributed by atoms with Gasteiger partial charge in [0.15, 0.2) is 0 Å². The summed E-state index contributed by atoms with van der Waals surface area (Å²) in [5.74, 6) is 0. The van der Waals surface area contributed by atoms with Gasteiger partial charge in [-0.2, -0.15) is 0 Å². The largest absolute Gasteiger partial charge is 0.468 e. The standard InChI is InChI=1S/C33H43NO2/c35-29-36-28-18-10-8-6-4-2-1-3-5-7-9-13-19-30-24-26-33(27-25-30)34(31-20-14-11-15-21-31)32-22-16-12-17-23-32/h11-12,14-17,20-27,29H,1-10,13,18-19,28H2. The molecular weight excluding hydrogens is 442 g/mol. The van der Waals surface area contributed by atoms with Gasteiger partial charge >= 0.3 is 0 Å². The van der Waals surface area contributed by atoms with Gasteiger partial charge in [-0.15, -0.1) is 0 Å². The third-order valence-corrected chi connectivity index (χ3v) is 6.77. The van der Waals surface area contributed by atoms with E-state index >= 15 is 0 Å². The van der Waals surface area contributed by atoms with Crippen molar-refractivity contribution in [1.29, 1.82) is 0 Å². The van der Waals surface area contributed by atoms with Gasteiger partial charge in [0, 0.05) is 17.1 Å². The Bertz CT molecular complexity index is 901. The minimum atomic E-state index is 0.546. The first-order valence-electron chi connectivity index (χ1n) is 13.9. The first-order valence-corrected chi connectivity index (χ1v) is 13.9. The molecule has 0 N–H and O–H groups in total. The predicted octanol–water partition coefficient (Wildman–Crippen LogP) is 9.55. The third-order valence-electron chi connectivity index (χ3n) is 6.77. The molecule has 0 bridgehead atoms. The summed E-state index contributed by atoms with van der Waals surface area (Å²) in [6.45, 7) is 1.12.